The van der Waals surface area contributed by atoms with Crippen molar-refractivity contribution in [1.29, 1.82) is 0 Å². The summed E-state index contributed by atoms with van der Waals surface area (Å²) in [7, 11) is 0. The molecule has 2 aromatic carbocycles. The summed E-state index contributed by atoms with van der Waals surface area (Å²) in [5.41, 5.74) is 2.22. The summed E-state index contributed by atoms with van der Waals surface area (Å²) in [6.07, 6.45) is 0.325. The van der Waals surface area contributed by atoms with Gasteiger partial charge in [-0.25, -0.2) is 4.39 Å². The molecule has 25 heavy (non-hydrogen) atoms. The van der Waals surface area contributed by atoms with Crippen LogP contribution in [0.3, 0.4) is 0 Å². The van der Waals surface area contributed by atoms with E-state index in [0.29, 0.717) is 17.7 Å². The molecule has 0 spiro atoms. The van der Waals surface area contributed by atoms with E-state index in [4.69, 9.17) is 0 Å². The van der Waals surface area contributed by atoms with Crippen LogP contribution in [-0.2, 0) is 21.4 Å². The standard InChI is InChI=1S/C20H23FN2O2/c1-20(2,3)15-8-10-16(11-9-15)23-19(25)18(24)22-13-12-14-6-4-5-7-17(14)21/h4-11H,12-13H2,1-3H3,(H,22,24)(H,23,25). The molecule has 0 unspecified atom stereocenters. The Kier molecular flexibility index (Phi) is 5.91. The van der Waals surface area contributed by atoms with E-state index in [1.807, 2.05) is 12.1 Å². The molecule has 0 bridgehead atoms. The minimum absolute atomic E-state index is 0.0205. The molecule has 0 fully saturated rings. The third-order valence-corrected chi connectivity index (χ3v) is 3.85. The molecular formula is C20H23FN2O2. The van der Waals surface area contributed by atoms with Crippen LogP contribution in [0.2, 0.25) is 0 Å². The Balaban J connectivity index is 1.84. The van der Waals surface area contributed by atoms with Crippen LogP contribution in [0.25, 0.3) is 0 Å². The van der Waals surface area contributed by atoms with Crippen molar-refractivity contribution in [2.45, 2.75) is 32.6 Å². The summed E-state index contributed by atoms with van der Waals surface area (Å²) in [6, 6.07) is 13.7. The molecule has 0 aliphatic carbocycles. The Morgan fingerprint density at radius 1 is 0.960 bits per heavy atom. The van der Waals surface area contributed by atoms with Gasteiger partial charge >= 0.3 is 11.8 Å². The number of amides is 2. The van der Waals surface area contributed by atoms with Gasteiger partial charge in [-0.3, -0.25) is 9.59 Å². The number of anilines is 1. The first-order chi connectivity index (χ1) is 11.8. The monoisotopic (exact) mass is 342 g/mol. The van der Waals surface area contributed by atoms with Gasteiger partial charge in [-0.05, 0) is 41.2 Å². The first-order valence-electron chi connectivity index (χ1n) is 8.20. The molecule has 0 saturated carbocycles. The summed E-state index contributed by atoms with van der Waals surface area (Å²) in [4.78, 5) is 23.7. The number of nitrogens with one attached hydrogen (secondary N) is 2. The molecule has 0 radical (unpaired) electrons. The first-order valence-corrected chi connectivity index (χ1v) is 8.20. The topological polar surface area (TPSA) is 58.2 Å². The predicted octanol–water partition coefficient (Wildman–Crippen LogP) is 3.42. The molecule has 0 atom stereocenters. The fourth-order valence-electron chi connectivity index (χ4n) is 2.33. The number of benzene rings is 2. The van der Waals surface area contributed by atoms with Gasteiger partial charge in [-0.2, -0.15) is 0 Å². The second-order valence-corrected chi connectivity index (χ2v) is 6.88. The summed E-state index contributed by atoms with van der Waals surface area (Å²) in [6.45, 7) is 6.49. The third-order valence-electron chi connectivity index (χ3n) is 3.85. The van der Waals surface area contributed by atoms with Crippen molar-refractivity contribution in [2.24, 2.45) is 0 Å². The molecule has 0 aromatic heterocycles. The molecular weight excluding hydrogens is 319 g/mol. The van der Waals surface area contributed by atoms with Crippen molar-refractivity contribution < 1.29 is 14.0 Å². The SMILES string of the molecule is CC(C)(C)c1ccc(NC(=O)C(=O)NCCc2ccccc2F)cc1. The Morgan fingerprint density at radius 3 is 2.20 bits per heavy atom. The normalized spacial score (nSPS) is 11.0. The van der Waals surface area contributed by atoms with E-state index in [-0.39, 0.29) is 17.8 Å². The van der Waals surface area contributed by atoms with Gasteiger partial charge in [0.2, 0.25) is 0 Å². The average Bonchev–Trinajstić information content (AvgIpc) is 2.56. The Bertz CT molecular complexity index is 749. The maximum atomic E-state index is 13.5. The van der Waals surface area contributed by atoms with E-state index >= 15 is 0 Å². The van der Waals surface area contributed by atoms with Gasteiger partial charge in [-0.15, -0.1) is 0 Å². The second-order valence-electron chi connectivity index (χ2n) is 6.88. The Morgan fingerprint density at radius 2 is 1.60 bits per heavy atom. The molecule has 0 heterocycles. The van der Waals surface area contributed by atoms with Crippen LogP contribution < -0.4 is 10.6 Å². The maximum Gasteiger partial charge on any atom is 0.313 e. The van der Waals surface area contributed by atoms with E-state index in [9.17, 15) is 14.0 Å². The van der Waals surface area contributed by atoms with Gasteiger partial charge in [-0.1, -0.05) is 51.1 Å². The number of hydrogen-bond acceptors (Lipinski definition) is 2. The van der Waals surface area contributed by atoms with E-state index in [0.717, 1.165) is 5.56 Å². The number of carbonyl (C=O) groups is 2. The molecule has 0 aliphatic rings. The number of rotatable bonds is 4. The van der Waals surface area contributed by atoms with E-state index in [1.165, 1.54) is 6.07 Å². The lowest BCUT2D eigenvalue weighted by molar-refractivity contribution is -0.136. The molecule has 4 nitrogen and oxygen atoms in total. The highest BCUT2D eigenvalue weighted by molar-refractivity contribution is 6.39. The van der Waals surface area contributed by atoms with Gasteiger partial charge in [0, 0.05) is 12.2 Å². The number of halogens is 1. The minimum atomic E-state index is -0.740. The zero-order valence-electron chi connectivity index (χ0n) is 14.7. The molecule has 2 aromatic rings. The van der Waals surface area contributed by atoms with Crippen LogP contribution >= 0.6 is 0 Å². The molecule has 132 valence electrons. The van der Waals surface area contributed by atoms with Crippen molar-refractivity contribution in [3.05, 3.63) is 65.5 Å². The van der Waals surface area contributed by atoms with Crippen molar-refractivity contribution in [1.82, 2.24) is 5.32 Å². The van der Waals surface area contributed by atoms with Crippen molar-refractivity contribution in [3.8, 4) is 0 Å². The van der Waals surface area contributed by atoms with Crippen LogP contribution in [0.1, 0.15) is 31.9 Å². The van der Waals surface area contributed by atoms with E-state index in [1.54, 1.807) is 30.3 Å². The smallest absolute Gasteiger partial charge is 0.313 e. The zero-order valence-corrected chi connectivity index (χ0v) is 14.7. The van der Waals surface area contributed by atoms with Crippen LogP contribution in [0.15, 0.2) is 48.5 Å². The Labute approximate surface area is 147 Å². The van der Waals surface area contributed by atoms with Crippen LogP contribution in [-0.4, -0.2) is 18.4 Å². The fraction of sp³-hybridized carbons (Fsp3) is 0.300. The highest BCUT2D eigenvalue weighted by atomic mass is 19.1. The summed E-state index contributed by atoms with van der Waals surface area (Å²) >= 11 is 0. The number of carbonyl (C=O) groups excluding carboxylic acids is 2. The molecule has 2 rings (SSSR count). The fourth-order valence-corrected chi connectivity index (χ4v) is 2.33. The Hall–Kier alpha value is -2.69. The molecule has 2 amide bonds. The van der Waals surface area contributed by atoms with Crippen molar-refractivity contribution in [3.63, 3.8) is 0 Å². The number of hydrogen-bond donors (Lipinski definition) is 2. The van der Waals surface area contributed by atoms with Crippen LogP contribution in [0.5, 0.6) is 0 Å². The lowest BCUT2D eigenvalue weighted by Gasteiger charge is -2.19. The molecule has 5 heteroatoms. The van der Waals surface area contributed by atoms with Gasteiger partial charge in [0.25, 0.3) is 0 Å². The van der Waals surface area contributed by atoms with E-state index < -0.39 is 11.8 Å². The van der Waals surface area contributed by atoms with Crippen molar-refractivity contribution >= 4 is 17.5 Å². The predicted molar refractivity (Wildman–Crippen MR) is 96.9 cm³/mol. The van der Waals surface area contributed by atoms with Crippen LogP contribution in [0, 0.1) is 5.82 Å². The lowest BCUT2D eigenvalue weighted by atomic mass is 9.87. The maximum absolute atomic E-state index is 13.5. The van der Waals surface area contributed by atoms with Gasteiger partial charge in [0.1, 0.15) is 5.82 Å². The molecule has 2 N–H and O–H groups in total. The first kappa shape index (κ1) is 18.6. The van der Waals surface area contributed by atoms with Crippen LogP contribution in [0.4, 0.5) is 10.1 Å². The second kappa shape index (κ2) is 7.92. The minimum Gasteiger partial charge on any atom is -0.347 e. The lowest BCUT2D eigenvalue weighted by Crippen LogP contribution is -2.36. The molecule has 0 aliphatic heterocycles. The highest BCUT2D eigenvalue weighted by Crippen LogP contribution is 2.23. The molecule has 0 saturated heterocycles. The zero-order chi connectivity index (χ0) is 18.4. The summed E-state index contributed by atoms with van der Waals surface area (Å²) in [5, 5.41) is 5.05. The van der Waals surface area contributed by atoms with E-state index in [2.05, 4.69) is 31.4 Å². The van der Waals surface area contributed by atoms with Gasteiger partial charge < -0.3 is 10.6 Å². The summed E-state index contributed by atoms with van der Waals surface area (Å²) in [5.74, 6) is -1.80. The van der Waals surface area contributed by atoms with Gasteiger partial charge in [0.15, 0.2) is 0 Å². The average molecular weight is 342 g/mol. The summed E-state index contributed by atoms with van der Waals surface area (Å²) < 4.78 is 13.5. The quantitative estimate of drug-likeness (QED) is 0.837. The largest absolute Gasteiger partial charge is 0.347 e. The highest BCUT2D eigenvalue weighted by Gasteiger charge is 2.15. The van der Waals surface area contributed by atoms with Gasteiger partial charge in [0.05, 0.1) is 0 Å². The van der Waals surface area contributed by atoms with Crippen molar-refractivity contribution in [2.75, 3.05) is 11.9 Å². The third kappa shape index (κ3) is 5.41.